The van der Waals surface area contributed by atoms with Crippen molar-refractivity contribution in [2.24, 2.45) is 5.92 Å². The van der Waals surface area contributed by atoms with Gasteiger partial charge in [-0.15, -0.1) is 0 Å². The van der Waals surface area contributed by atoms with Crippen molar-refractivity contribution in [3.05, 3.63) is 65.0 Å². The van der Waals surface area contributed by atoms with Gasteiger partial charge in [0.05, 0.1) is 5.69 Å². The van der Waals surface area contributed by atoms with E-state index in [0.717, 1.165) is 22.8 Å². The molecule has 5 nitrogen and oxygen atoms in total. The third kappa shape index (κ3) is 4.36. The Hall–Kier alpha value is -2.95. The number of carbonyl (C=O) groups is 1. The molecule has 1 aromatic heterocycles. The number of aromatic nitrogens is 2. The summed E-state index contributed by atoms with van der Waals surface area (Å²) < 4.78 is 1.22. The number of hydrogen-bond acceptors (Lipinski definition) is 3. The van der Waals surface area contributed by atoms with Crippen molar-refractivity contribution in [2.45, 2.75) is 26.8 Å². The topological polar surface area (TPSA) is 64.0 Å². The average Bonchev–Trinajstić information content (AvgIpc) is 2.63. The molecule has 0 atom stereocenters. The van der Waals surface area contributed by atoms with E-state index in [4.69, 9.17) is 0 Å². The van der Waals surface area contributed by atoms with Crippen molar-refractivity contribution in [3.8, 4) is 11.3 Å². The molecule has 5 heteroatoms. The van der Waals surface area contributed by atoms with Crippen molar-refractivity contribution < 1.29 is 4.79 Å². The van der Waals surface area contributed by atoms with Crippen molar-refractivity contribution in [1.82, 2.24) is 15.1 Å². The fourth-order valence-electron chi connectivity index (χ4n) is 2.76. The van der Waals surface area contributed by atoms with Crippen LogP contribution < -0.4 is 10.9 Å². The smallest absolute Gasteiger partial charge is 0.267 e. The second-order valence-corrected chi connectivity index (χ2v) is 6.81. The molecule has 3 rings (SSSR count). The fourth-order valence-corrected chi connectivity index (χ4v) is 2.76. The highest BCUT2D eigenvalue weighted by Gasteiger charge is 2.08. The molecular weight excluding hydrogens is 326 g/mol. The second-order valence-electron chi connectivity index (χ2n) is 6.81. The fraction of sp³-hybridized carbons (Fsp3) is 0.286. The van der Waals surface area contributed by atoms with Gasteiger partial charge in [-0.2, -0.15) is 5.10 Å². The molecular formula is C21H23N3O2. The first-order valence-corrected chi connectivity index (χ1v) is 8.87. The van der Waals surface area contributed by atoms with Crippen molar-refractivity contribution >= 4 is 16.7 Å². The van der Waals surface area contributed by atoms with Gasteiger partial charge in [0.2, 0.25) is 5.91 Å². The molecule has 3 aromatic rings. The van der Waals surface area contributed by atoms with E-state index < -0.39 is 0 Å². The Balaban J connectivity index is 1.80. The Morgan fingerprint density at radius 3 is 2.62 bits per heavy atom. The van der Waals surface area contributed by atoms with Crippen LogP contribution in [0.4, 0.5) is 0 Å². The molecule has 134 valence electrons. The van der Waals surface area contributed by atoms with Gasteiger partial charge in [0.15, 0.2) is 0 Å². The van der Waals surface area contributed by atoms with Gasteiger partial charge in [-0.25, -0.2) is 4.68 Å². The summed E-state index contributed by atoms with van der Waals surface area (Å²) in [6.45, 7) is 4.74. The predicted octanol–water partition coefficient (Wildman–Crippen LogP) is 3.23. The van der Waals surface area contributed by atoms with Crippen molar-refractivity contribution in [3.63, 3.8) is 0 Å². The van der Waals surface area contributed by atoms with Crippen LogP contribution in [-0.2, 0) is 11.3 Å². The van der Waals surface area contributed by atoms with Gasteiger partial charge in [0.25, 0.3) is 5.56 Å². The summed E-state index contributed by atoms with van der Waals surface area (Å²) in [7, 11) is 0. The zero-order valence-electron chi connectivity index (χ0n) is 15.1. The Morgan fingerprint density at radius 2 is 1.85 bits per heavy atom. The maximum Gasteiger partial charge on any atom is 0.267 e. The van der Waals surface area contributed by atoms with Gasteiger partial charge in [-0.05, 0) is 35.2 Å². The SMILES string of the molecule is CC(C)CCNC(=O)Cn1nc(-c2ccc3ccccc3c2)ccc1=O. The summed E-state index contributed by atoms with van der Waals surface area (Å²) in [5, 5.41) is 9.47. The minimum absolute atomic E-state index is 0.0711. The zero-order valence-corrected chi connectivity index (χ0v) is 15.1. The molecule has 0 unspecified atom stereocenters. The molecule has 26 heavy (non-hydrogen) atoms. The Morgan fingerprint density at radius 1 is 1.08 bits per heavy atom. The minimum Gasteiger partial charge on any atom is -0.354 e. The Bertz CT molecular complexity index is 976. The van der Waals surface area contributed by atoms with Crippen LogP contribution in [0.2, 0.25) is 0 Å². The summed E-state index contributed by atoms with van der Waals surface area (Å²) in [5.41, 5.74) is 1.30. The van der Waals surface area contributed by atoms with Gasteiger partial charge in [0.1, 0.15) is 6.54 Å². The van der Waals surface area contributed by atoms with Crippen molar-refractivity contribution in [2.75, 3.05) is 6.54 Å². The van der Waals surface area contributed by atoms with Crippen molar-refractivity contribution in [1.29, 1.82) is 0 Å². The first-order chi connectivity index (χ1) is 12.5. The summed E-state index contributed by atoms with van der Waals surface area (Å²) in [4.78, 5) is 24.1. The summed E-state index contributed by atoms with van der Waals surface area (Å²) in [6.07, 6.45) is 0.908. The van der Waals surface area contributed by atoms with Crippen LogP contribution in [-0.4, -0.2) is 22.2 Å². The molecule has 0 saturated heterocycles. The first-order valence-electron chi connectivity index (χ1n) is 8.87. The van der Waals surface area contributed by atoms with Crippen LogP contribution >= 0.6 is 0 Å². The molecule has 0 aliphatic heterocycles. The zero-order chi connectivity index (χ0) is 18.5. The third-order valence-electron chi connectivity index (χ3n) is 4.25. The lowest BCUT2D eigenvalue weighted by atomic mass is 10.1. The van der Waals surface area contributed by atoms with E-state index in [1.165, 1.54) is 10.7 Å². The highest BCUT2D eigenvalue weighted by molar-refractivity contribution is 5.86. The molecule has 0 aliphatic rings. The van der Waals surface area contributed by atoms with E-state index in [1.807, 2.05) is 36.4 Å². The lowest BCUT2D eigenvalue weighted by Gasteiger charge is -2.09. The van der Waals surface area contributed by atoms with Gasteiger partial charge in [-0.3, -0.25) is 9.59 Å². The van der Waals surface area contributed by atoms with E-state index >= 15 is 0 Å². The molecule has 0 bridgehead atoms. The number of carbonyl (C=O) groups excluding carboxylic acids is 1. The van der Waals surface area contributed by atoms with E-state index in [9.17, 15) is 9.59 Å². The summed E-state index contributed by atoms with van der Waals surface area (Å²) >= 11 is 0. The van der Waals surface area contributed by atoms with E-state index in [2.05, 4.69) is 30.3 Å². The van der Waals surface area contributed by atoms with Crippen LogP contribution in [0.15, 0.2) is 59.4 Å². The number of benzene rings is 2. The molecule has 1 amide bonds. The molecule has 0 radical (unpaired) electrons. The average molecular weight is 349 g/mol. The van der Waals surface area contributed by atoms with Gasteiger partial charge in [-0.1, -0.05) is 50.2 Å². The van der Waals surface area contributed by atoms with Crippen LogP contribution in [0.5, 0.6) is 0 Å². The van der Waals surface area contributed by atoms with E-state index in [-0.39, 0.29) is 18.0 Å². The van der Waals surface area contributed by atoms with Crippen LogP contribution in [0, 0.1) is 5.92 Å². The molecule has 1 heterocycles. The van der Waals surface area contributed by atoms with Crippen LogP contribution in [0.1, 0.15) is 20.3 Å². The molecule has 0 spiro atoms. The monoisotopic (exact) mass is 349 g/mol. The highest BCUT2D eigenvalue weighted by atomic mass is 16.2. The molecule has 0 saturated carbocycles. The minimum atomic E-state index is -0.284. The number of amides is 1. The number of nitrogens with one attached hydrogen (secondary N) is 1. The maximum atomic E-state index is 12.1. The second kappa shape index (κ2) is 7.95. The Kier molecular flexibility index (Phi) is 5.46. The maximum absolute atomic E-state index is 12.1. The van der Waals surface area contributed by atoms with Crippen LogP contribution in [0.25, 0.3) is 22.0 Å². The number of rotatable bonds is 6. The van der Waals surface area contributed by atoms with Gasteiger partial charge in [0, 0.05) is 18.2 Å². The number of nitrogens with zero attached hydrogens (tertiary/aromatic N) is 2. The standard InChI is InChI=1S/C21H23N3O2/c1-15(2)11-12-22-20(25)14-24-21(26)10-9-19(23-24)18-8-7-16-5-3-4-6-17(16)13-18/h3-10,13,15H,11-12,14H2,1-2H3,(H,22,25). The van der Waals surface area contributed by atoms with Crippen LogP contribution in [0.3, 0.4) is 0 Å². The van der Waals surface area contributed by atoms with Gasteiger partial charge >= 0.3 is 0 Å². The largest absolute Gasteiger partial charge is 0.354 e. The molecule has 0 fully saturated rings. The van der Waals surface area contributed by atoms with Gasteiger partial charge < -0.3 is 5.32 Å². The molecule has 0 aliphatic carbocycles. The molecule has 1 N–H and O–H groups in total. The summed E-state index contributed by atoms with van der Waals surface area (Å²) in [5.74, 6) is 0.322. The predicted molar refractivity (Wildman–Crippen MR) is 104 cm³/mol. The highest BCUT2D eigenvalue weighted by Crippen LogP contribution is 2.22. The number of fused-ring (bicyclic) bond motifs is 1. The number of hydrogen-bond donors (Lipinski definition) is 1. The lowest BCUT2D eigenvalue weighted by Crippen LogP contribution is -2.34. The quantitative estimate of drug-likeness (QED) is 0.743. The Labute approximate surface area is 152 Å². The molecule has 2 aromatic carbocycles. The van der Waals surface area contributed by atoms with E-state index in [0.29, 0.717) is 18.2 Å². The first kappa shape index (κ1) is 17.9. The normalized spacial score (nSPS) is 11.0. The van der Waals surface area contributed by atoms with E-state index in [1.54, 1.807) is 6.07 Å². The summed E-state index contributed by atoms with van der Waals surface area (Å²) in [6, 6.07) is 17.3. The lowest BCUT2D eigenvalue weighted by molar-refractivity contribution is -0.121. The third-order valence-corrected chi connectivity index (χ3v) is 4.25.